The van der Waals surface area contributed by atoms with Gasteiger partial charge in [-0.15, -0.1) is 5.10 Å². The quantitative estimate of drug-likeness (QED) is 0.736. The molecule has 0 fully saturated rings. The van der Waals surface area contributed by atoms with Crippen LogP contribution in [-0.4, -0.2) is 15.2 Å². The molecule has 3 rings (SSSR count). The zero-order valence-corrected chi connectivity index (χ0v) is 14.4. The number of hydrogen-bond acceptors (Lipinski definition) is 5. The number of hydrogen-bond donors (Lipinski definition) is 2. The van der Waals surface area contributed by atoms with Crippen LogP contribution < -0.4 is 10.6 Å². The first-order valence-corrected chi connectivity index (χ1v) is 7.90. The summed E-state index contributed by atoms with van der Waals surface area (Å²) < 4.78 is 0. The number of anilines is 4. The molecule has 122 valence electrons. The van der Waals surface area contributed by atoms with Gasteiger partial charge in [0.2, 0.25) is 5.95 Å². The molecule has 24 heavy (non-hydrogen) atoms. The number of nitrogens with one attached hydrogen (secondary N) is 2. The van der Waals surface area contributed by atoms with E-state index < -0.39 is 0 Å². The van der Waals surface area contributed by atoms with Crippen molar-refractivity contribution in [2.75, 3.05) is 10.6 Å². The number of rotatable bonds is 4. The highest BCUT2D eigenvalue weighted by molar-refractivity contribution is 5.65. The van der Waals surface area contributed by atoms with Gasteiger partial charge in [-0.1, -0.05) is 35.9 Å². The molecule has 0 saturated heterocycles. The van der Waals surface area contributed by atoms with Crippen LogP contribution in [0.3, 0.4) is 0 Å². The van der Waals surface area contributed by atoms with Crippen LogP contribution in [0.1, 0.15) is 22.3 Å². The van der Waals surface area contributed by atoms with Crippen LogP contribution in [0.2, 0.25) is 0 Å². The molecule has 0 atom stereocenters. The van der Waals surface area contributed by atoms with Crippen LogP contribution in [0.5, 0.6) is 0 Å². The summed E-state index contributed by atoms with van der Waals surface area (Å²) in [5, 5.41) is 14.7. The predicted molar refractivity (Wildman–Crippen MR) is 98.2 cm³/mol. The Labute approximate surface area is 142 Å². The molecule has 0 spiro atoms. The van der Waals surface area contributed by atoms with E-state index in [-0.39, 0.29) is 0 Å². The lowest BCUT2D eigenvalue weighted by atomic mass is 10.1. The molecule has 0 bridgehead atoms. The van der Waals surface area contributed by atoms with Gasteiger partial charge in [0.1, 0.15) is 0 Å². The smallest absolute Gasteiger partial charge is 0.249 e. The molecule has 2 N–H and O–H groups in total. The number of para-hydroxylation sites is 1. The third-order valence-electron chi connectivity index (χ3n) is 3.92. The topological polar surface area (TPSA) is 62.7 Å². The Morgan fingerprint density at radius 1 is 0.833 bits per heavy atom. The van der Waals surface area contributed by atoms with Gasteiger partial charge in [-0.2, -0.15) is 10.1 Å². The van der Waals surface area contributed by atoms with E-state index in [9.17, 15) is 0 Å². The molecule has 5 nitrogen and oxygen atoms in total. The van der Waals surface area contributed by atoms with Gasteiger partial charge >= 0.3 is 0 Å². The maximum atomic E-state index is 4.51. The Hall–Kier alpha value is -2.95. The van der Waals surface area contributed by atoms with Gasteiger partial charge in [0, 0.05) is 11.4 Å². The van der Waals surface area contributed by atoms with E-state index in [2.05, 4.69) is 77.8 Å². The first-order valence-electron chi connectivity index (χ1n) is 7.90. The van der Waals surface area contributed by atoms with Crippen LogP contribution in [-0.2, 0) is 0 Å². The molecule has 2 aromatic carbocycles. The fourth-order valence-corrected chi connectivity index (χ4v) is 2.63. The van der Waals surface area contributed by atoms with Gasteiger partial charge in [0.25, 0.3) is 0 Å². The van der Waals surface area contributed by atoms with Crippen LogP contribution in [0, 0.1) is 27.7 Å². The average Bonchev–Trinajstić information content (AvgIpc) is 2.54. The summed E-state index contributed by atoms with van der Waals surface area (Å²) >= 11 is 0. The summed E-state index contributed by atoms with van der Waals surface area (Å²) in [7, 11) is 0. The van der Waals surface area contributed by atoms with Crippen LogP contribution in [0.4, 0.5) is 23.1 Å². The lowest BCUT2D eigenvalue weighted by Gasteiger charge is -2.12. The number of aromatic nitrogens is 3. The molecular weight excluding hydrogens is 298 g/mol. The minimum atomic E-state index is 0.474. The molecule has 3 aromatic rings. The third kappa shape index (κ3) is 3.51. The van der Waals surface area contributed by atoms with Crippen molar-refractivity contribution in [3.05, 3.63) is 64.8 Å². The third-order valence-corrected chi connectivity index (χ3v) is 3.92. The van der Waals surface area contributed by atoms with Gasteiger partial charge in [-0.25, -0.2) is 0 Å². The van der Waals surface area contributed by atoms with E-state index in [1.54, 1.807) is 6.20 Å². The molecule has 0 unspecified atom stereocenters. The molecule has 5 heteroatoms. The molecular formula is C19H21N5. The van der Waals surface area contributed by atoms with Crippen molar-refractivity contribution < 1.29 is 0 Å². The van der Waals surface area contributed by atoms with E-state index in [0.717, 1.165) is 28.1 Å². The van der Waals surface area contributed by atoms with E-state index in [1.165, 1.54) is 5.56 Å². The average molecular weight is 319 g/mol. The maximum absolute atomic E-state index is 4.51. The molecule has 0 aliphatic carbocycles. The molecule has 0 amide bonds. The van der Waals surface area contributed by atoms with Crippen molar-refractivity contribution in [2.45, 2.75) is 27.7 Å². The second-order valence-electron chi connectivity index (χ2n) is 6.00. The van der Waals surface area contributed by atoms with Crippen LogP contribution >= 0.6 is 0 Å². The Balaban J connectivity index is 1.84. The Morgan fingerprint density at radius 2 is 1.58 bits per heavy atom. The summed E-state index contributed by atoms with van der Waals surface area (Å²) in [5.41, 5.74) is 6.72. The van der Waals surface area contributed by atoms with Crippen molar-refractivity contribution in [3.8, 4) is 0 Å². The fourth-order valence-electron chi connectivity index (χ4n) is 2.63. The fraction of sp³-hybridized carbons (Fsp3) is 0.211. The first kappa shape index (κ1) is 15.9. The molecule has 0 radical (unpaired) electrons. The Bertz CT molecular complexity index is 853. The highest BCUT2D eigenvalue weighted by Crippen LogP contribution is 2.24. The second kappa shape index (κ2) is 6.66. The van der Waals surface area contributed by atoms with Crippen LogP contribution in [0.25, 0.3) is 0 Å². The summed E-state index contributed by atoms with van der Waals surface area (Å²) in [5.74, 6) is 1.13. The van der Waals surface area contributed by atoms with Crippen molar-refractivity contribution >= 4 is 23.1 Å². The SMILES string of the molecule is Cc1ccc(Nc2cnnc(Nc3c(C)cccc3C)n2)c(C)c1. The molecule has 0 aliphatic rings. The lowest BCUT2D eigenvalue weighted by molar-refractivity contribution is 0.980. The van der Waals surface area contributed by atoms with Crippen molar-refractivity contribution in [1.29, 1.82) is 0 Å². The maximum Gasteiger partial charge on any atom is 0.249 e. The Kier molecular flexibility index (Phi) is 4.42. The van der Waals surface area contributed by atoms with Crippen molar-refractivity contribution in [3.63, 3.8) is 0 Å². The summed E-state index contributed by atoms with van der Waals surface area (Å²) in [6.45, 7) is 8.26. The van der Waals surface area contributed by atoms with Gasteiger partial charge < -0.3 is 10.6 Å². The summed E-state index contributed by atoms with van der Waals surface area (Å²) in [4.78, 5) is 4.51. The molecule has 0 aliphatic heterocycles. The van der Waals surface area contributed by atoms with E-state index in [0.29, 0.717) is 11.8 Å². The van der Waals surface area contributed by atoms with Gasteiger partial charge in [-0.3, -0.25) is 0 Å². The van der Waals surface area contributed by atoms with Crippen LogP contribution in [0.15, 0.2) is 42.6 Å². The van der Waals surface area contributed by atoms with Gasteiger partial charge in [0.15, 0.2) is 5.82 Å². The summed E-state index contributed by atoms with van der Waals surface area (Å²) in [6.07, 6.45) is 1.62. The highest BCUT2D eigenvalue weighted by atomic mass is 15.3. The van der Waals surface area contributed by atoms with Gasteiger partial charge in [0.05, 0.1) is 6.20 Å². The minimum Gasteiger partial charge on any atom is -0.339 e. The number of nitrogens with zero attached hydrogens (tertiary/aromatic N) is 3. The lowest BCUT2D eigenvalue weighted by Crippen LogP contribution is -2.04. The number of benzene rings is 2. The van der Waals surface area contributed by atoms with E-state index in [4.69, 9.17) is 0 Å². The van der Waals surface area contributed by atoms with Gasteiger partial charge in [-0.05, 0) is 50.5 Å². The van der Waals surface area contributed by atoms with Crippen molar-refractivity contribution in [2.24, 2.45) is 0 Å². The van der Waals surface area contributed by atoms with Crippen molar-refractivity contribution in [1.82, 2.24) is 15.2 Å². The molecule has 0 saturated carbocycles. The number of aryl methyl sites for hydroxylation is 4. The predicted octanol–water partition coefficient (Wildman–Crippen LogP) is 4.59. The van der Waals surface area contributed by atoms with E-state index >= 15 is 0 Å². The standard InChI is InChI=1S/C19H21N5/c1-12-8-9-16(15(4)10-12)21-17-11-20-24-19(22-17)23-18-13(2)6-5-7-14(18)3/h5-11H,1-4H3,(H2,21,22,23,24). The highest BCUT2D eigenvalue weighted by Gasteiger charge is 2.07. The normalized spacial score (nSPS) is 10.5. The monoisotopic (exact) mass is 319 g/mol. The summed E-state index contributed by atoms with van der Waals surface area (Å²) in [6, 6.07) is 12.4. The zero-order chi connectivity index (χ0) is 17.1. The van der Waals surface area contributed by atoms with E-state index in [1.807, 2.05) is 12.1 Å². The first-order chi connectivity index (χ1) is 11.5. The second-order valence-corrected chi connectivity index (χ2v) is 6.00. The minimum absolute atomic E-state index is 0.474. The Morgan fingerprint density at radius 3 is 2.29 bits per heavy atom. The molecule has 1 aromatic heterocycles. The zero-order valence-electron chi connectivity index (χ0n) is 14.4. The molecule has 1 heterocycles. The largest absolute Gasteiger partial charge is 0.339 e.